The van der Waals surface area contributed by atoms with Gasteiger partial charge in [-0.1, -0.05) is 24.3 Å². The van der Waals surface area contributed by atoms with Crippen LogP contribution in [0.15, 0.2) is 36.9 Å². The normalized spacial score (nSPS) is 25.9. The number of aryl methyl sites for hydroxylation is 1. The van der Waals surface area contributed by atoms with E-state index in [4.69, 9.17) is 0 Å². The van der Waals surface area contributed by atoms with Gasteiger partial charge >= 0.3 is 0 Å². The maximum atomic E-state index is 4.28. The molecule has 1 aliphatic carbocycles. The third-order valence-electron chi connectivity index (χ3n) is 5.03. The third-order valence-corrected chi connectivity index (χ3v) is 5.03. The number of aromatic nitrogens is 3. The van der Waals surface area contributed by atoms with E-state index in [0.717, 1.165) is 6.54 Å². The van der Waals surface area contributed by atoms with Crippen molar-refractivity contribution in [1.82, 2.24) is 19.7 Å². The summed E-state index contributed by atoms with van der Waals surface area (Å²) in [6.45, 7) is 2.19. The molecule has 0 spiro atoms. The van der Waals surface area contributed by atoms with E-state index in [0.29, 0.717) is 12.1 Å². The average Bonchev–Trinajstić information content (AvgIpc) is 3.19. The quantitative estimate of drug-likeness (QED) is 0.868. The highest BCUT2D eigenvalue weighted by Gasteiger charge is 2.33. The summed E-state index contributed by atoms with van der Waals surface area (Å²) in [5.74, 6) is 0. The van der Waals surface area contributed by atoms with Crippen LogP contribution < -0.4 is 0 Å². The third kappa shape index (κ3) is 2.48. The zero-order valence-corrected chi connectivity index (χ0v) is 12.4. The standard InChI is InChI=1S/C17H22N4/c1-2-8-16-14(5-1)6-3-9-17(16)21-10-4-7-15(21)11-20-13-18-12-19-20/h1-2,5,8,12-13,15,17H,3-4,6-7,9-11H2. The molecule has 0 N–H and O–H groups in total. The van der Waals surface area contributed by atoms with Crippen LogP contribution >= 0.6 is 0 Å². The molecule has 0 saturated carbocycles. The molecular formula is C17H22N4. The molecule has 0 amide bonds. The van der Waals surface area contributed by atoms with Crippen LogP contribution in [0, 0.1) is 0 Å². The minimum atomic E-state index is 0.600. The molecule has 0 bridgehead atoms. The zero-order chi connectivity index (χ0) is 14.1. The fourth-order valence-electron chi connectivity index (χ4n) is 4.08. The van der Waals surface area contributed by atoms with Crippen LogP contribution in [0.3, 0.4) is 0 Å². The average molecular weight is 282 g/mol. The molecule has 2 atom stereocenters. The first-order chi connectivity index (χ1) is 10.4. The number of nitrogens with zero attached hydrogens (tertiary/aromatic N) is 4. The van der Waals surface area contributed by atoms with Crippen LogP contribution in [0.4, 0.5) is 0 Å². The summed E-state index contributed by atoms with van der Waals surface area (Å²) in [6, 6.07) is 10.2. The van der Waals surface area contributed by atoms with Gasteiger partial charge in [0.1, 0.15) is 12.7 Å². The fourth-order valence-corrected chi connectivity index (χ4v) is 4.08. The smallest absolute Gasteiger partial charge is 0.137 e. The molecule has 1 aromatic heterocycles. The molecule has 4 heteroatoms. The number of hydrogen-bond donors (Lipinski definition) is 0. The second kappa shape index (κ2) is 5.60. The van der Waals surface area contributed by atoms with Gasteiger partial charge in [0, 0.05) is 12.1 Å². The van der Waals surface area contributed by atoms with Crippen LogP contribution in [-0.2, 0) is 13.0 Å². The Labute approximate surface area is 125 Å². The highest BCUT2D eigenvalue weighted by molar-refractivity contribution is 5.32. The Hall–Kier alpha value is -1.68. The Balaban J connectivity index is 1.58. The first kappa shape index (κ1) is 13.0. The van der Waals surface area contributed by atoms with Gasteiger partial charge in [-0.2, -0.15) is 5.10 Å². The van der Waals surface area contributed by atoms with E-state index in [-0.39, 0.29) is 0 Å². The Morgan fingerprint density at radius 1 is 1.14 bits per heavy atom. The van der Waals surface area contributed by atoms with Gasteiger partial charge in [0.15, 0.2) is 0 Å². The van der Waals surface area contributed by atoms with Crippen molar-refractivity contribution in [3.63, 3.8) is 0 Å². The van der Waals surface area contributed by atoms with E-state index in [1.54, 1.807) is 17.5 Å². The molecule has 1 aromatic carbocycles. The van der Waals surface area contributed by atoms with Crippen molar-refractivity contribution in [2.75, 3.05) is 6.54 Å². The summed E-state index contributed by atoms with van der Waals surface area (Å²) in [5, 5.41) is 4.28. The molecule has 2 unspecified atom stereocenters. The number of hydrogen-bond acceptors (Lipinski definition) is 3. The summed E-state index contributed by atoms with van der Waals surface area (Å²) in [6.07, 6.45) is 9.91. The first-order valence-corrected chi connectivity index (χ1v) is 8.08. The van der Waals surface area contributed by atoms with Crippen molar-refractivity contribution in [3.05, 3.63) is 48.0 Å². The lowest BCUT2D eigenvalue weighted by Crippen LogP contribution is -2.37. The van der Waals surface area contributed by atoms with Gasteiger partial charge in [-0.05, 0) is 49.8 Å². The van der Waals surface area contributed by atoms with Crippen LogP contribution in [0.25, 0.3) is 0 Å². The van der Waals surface area contributed by atoms with Gasteiger partial charge in [0.25, 0.3) is 0 Å². The van der Waals surface area contributed by atoms with Crippen molar-refractivity contribution in [3.8, 4) is 0 Å². The second-order valence-corrected chi connectivity index (χ2v) is 6.26. The van der Waals surface area contributed by atoms with Gasteiger partial charge in [-0.3, -0.25) is 9.58 Å². The minimum absolute atomic E-state index is 0.600. The van der Waals surface area contributed by atoms with E-state index in [2.05, 4.69) is 39.2 Å². The summed E-state index contributed by atoms with van der Waals surface area (Å²) >= 11 is 0. The predicted molar refractivity (Wildman–Crippen MR) is 81.9 cm³/mol. The molecule has 4 rings (SSSR count). The largest absolute Gasteiger partial charge is 0.292 e. The van der Waals surface area contributed by atoms with Gasteiger partial charge in [0.05, 0.1) is 6.54 Å². The maximum Gasteiger partial charge on any atom is 0.137 e. The SMILES string of the molecule is c1ccc2c(c1)CCCC2N1CCCC1Cn1cncn1. The van der Waals surface area contributed by atoms with Gasteiger partial charge < -0.3 is 0 Å². The lowest BCUT2D eigenvalue weighted by atomic mass is 9.86. The Morgan fingerprint density at radius 3 is 3.00 bits per heavy atom. The lowest BCUT2D eigenvalue weighted by molar-refractivity contribution is 0.147. The van der Waals surface area contributed by atoms with Crippen LogP contribution in [0.5, 0.6) is 0 Å². The molecule has 4 nitrogen and oxygen atoms in total. The Kier molecular flexibility index (Phi) is 3.47. The zero-order valence-electron chi connectivity index (χ0n) is 12.4. The summed E-state index contributed by atoms with van der Waals surface area (Å²) < 4.78 is 1.98. The molecule has 21 heavy (non-hydrogen) atoms. The Bertz CT molecular complexity index is 593. The lowest BCUT2D eigenvalue weighted by Gasteiger charge is -2.37. The van der Waals surface area contributed by atoms with Crippen molar-refractivity contribution >= 4 is 0 Å². The molecule has 2 heterocycles. The molecule has 2 aliphatic rings. The highest BCUT2D eigenvalue weighted by atomic mass is 15.3. The van der Waals surface area contributed by atoms with E-state index < -0.39 is 0 Å². The summed E-state index contributed by atoms with van der Waals surface area (Å²) in [7, 11) is 0. The number of fused-ring (bicyclic) bond motifs is 1. The van der Waals surface area contributed by atoms with Crippen molar-refractivity contribution < 1.29 is 0 Å². The van der Waals surface area contributed by atoms with Crippen molar-refractivity contribution in [1.29, 1.82) is 0 Å². The van der Waals surface area contributed by atoms with Crippen LogP contribution in [0.2, 0.25) is 0 Å². The minimum Gasteiger partial charge on any atom is -0.292 e. The van der Waals surface area contributed by atoms with Crippen molar-refractivity contribution in [2.45, 2.75) is 50.7 Å². The van der Waals surface area contributed by atoms with E-state index in [9.17, 15) is 0 Å². The van der Waals surface area contributed by atoms with Gasteiger partial charge in [-0.25, -0.2) is 4.98 Å². The fraction of sp³-hybridized carbons (Fsp3) is 0.529. The molecular weight excluding hydrogens is 260 g/mol. The highest BCUT2D eigenvalue weighted by Crippen LogP contribution is 2.38. The maximum absolute atomic E-state index is 4.28. The van der Waals surface area contributed by atoms with Crippen LogP contribution in [-0.4, -0.2) is 32.3 Å². The number of rotatable bonds is 3. The second-order valence-electron chi connectivity index (χ2n) is 6.26. The molecule has 2 aromatic rings. The molecule has 1 fully saturated rings. The first-order valence-electron chi connectivity index (χ1n) is 8.08. The van der Waals surface area contributed by atoms with Gasteiger partial charge in [0.2, 0.25) is 0 Å². The van der Waals surface area contributed by atoms with Crippen LogP contribution in [0.1, 0.15) is 42.9 Å². The van der Waals surface area contributed by atoms with E-state index >= 15 is 0 Å². The number of likely N-dealkylation sites (tertiary alicyclic amines) is 1. The van der Waals surface area contributed by atoms with Gasteiger partial charge in [-0.15, -0.1) is 0 Å². The molecule has 0 radical (unpaired) electrons. The molecule has 1 aliphatic heterocycles. The molecule has 1 saturated heterocycles. The summed E-state index contributed by atoms with van der Waals surface area (Å²) in [4.78, 5) is 6.79. The topological polar surface area (TPSA) is 34.0 Å². The predicted octanol–water partition coefficient (Wildman–Crippen LogP) is 2.82. The molecule has 110 valence electrons. The monoisotopic (exact) mass is 282 g/mol. The Morgan fingerprint density at radius 2 is 2.10 bits per heavy atom. The summed E-state index contributed by atoms with van der Waals surface area (Å²) in [5.41, 5.74) is 3.12. The van der Waals surface area contributed by atoms with E-state index in [1.165, 1.54) is 38.6 Å². The van der Waals surface area contributed by atoms with Crippen molar-refractivity contribution in [2.24, 2.45) is 0 Å². The van der Waals surface area contributed by atoms with E-state index in [1.807, 2.05) is 11.0 Å². The number of benzene rings is 1.